The first-order valence-corrected chi connectivity index (χ1v) is 10.4. The molecule has 4 rings (SSSR count). The molecule has 0 spiro atoms. The minimum absolute atomic E-state index is 0.00180. The molecule has 2 amide bonds. The van der Waals surface area contributed by atoms with E-state index in [1.807, 2.05) is 24.7 Å². The Morgan fingerprint density at radius 3 is 2.62 bits per heavy atom. The molecule has 2 aromatic rings. The van der Waals surface area contributed by atoms with Crippen molar-refractivity contribution in [2.75, 3.05) is 19.6 Å². The molecule has 0 saturated carbocycles. The Labute approximate surface area is 171 Å². The van der Waals surface area contributed by atoms with E-state index in [1.165, 1.54) is 11.1 Å². The molecule has 1 aliphatic carbocycles. The zero-order valence-electron chi connectivity index (χ0n) is 17.2. The van der Waals surface area contributed by atoms with E-state index in [9.17, 15) is 9.59 Å². The molecule has 1 aromatic carbocycles. The van der Waals surface area contributed by atoms with Gasteiger partial charge in [0.25, 0.3) is 0 Å². The van der Waals surface area contributed by atoms with Crippen LogP contribution in [-0.4, -0.2) is 62.9 Å². The molecule has 2 aliphatic rings. The molecule has 154 valence electrons. The molecule has 1 aliphatic heterocycles. The zero-order valence-corrected chi connectivity index (χ0v) is 17.2. The molecule has 1 aromatic heterocycles. The normalized spacial score (nSPS) is 19.8. The highest BCUT2D eigenvalue weighted by molar-refractivity contribution is 5.89. The number of rotatable bonds is 6. The Morgan fingerprint density at radius 1 is 1.28 bits per heavy atom. The predicted molar refractivity (Wildman–Crippen MR) is 110 cm³/mol. The van der Waals surface area contributed by atoms with Crippen molar-refractivity contribution in [3.63, 3.8) is 0 Å². The lowest BCUT2D eigenvalue weighted by atomic mass is 10.0. The van der Waals surface area contributed by atoms with Gasteiger partial charge in [0.1, 0.15) is 5.82 Å². The van der Waals surface area contributed by atoms with Crippen molar-refractivity contribution < 1.29 is 9.59 Å². The summed E-state index contributed by atoms with van der Waals surface area (Å²) in [6, 6.07) is 8.35. The molecule has 1 fully saturated rings. The van der Waals surface area contributed by atoms with Gasteiger partial charge in [0, 0.05) is 45.1 Å². The van der Waals surface area contributed by atoms with Crippen molar-refractivity contribution in [2.45, 2.75) is 44.8 Å². The SMILES string of the molecule is CCN(Cc1nccn1C)C(=O)CC1C(=O)NCCN1C1Cc2ccccc2C1. The fourth-order valence-electron chi connectivity index (χ4n) is 4.54. The summed E-state index contributed by atoms with van der Waals surface area (Å²) in [5.74, 6) is 0.808. The number of piperazine rings is 1. The Bertz CT molecular complexity index is 868. The number of nitrogens with one attached hydrogen (secondary N) is 1. The third-order valence-corrected chi connectivity index (χ3v) is 6.23. The van der Waals surface area contributed by atoms with E-state index < -0.39 is 6.04 Å². The predicted octanol–water partition coefficient (Wildman–Crippen LogP) is 1.13. The number of aromatic nitrogens is 2. The van der Waals surface area contributed by atoms with E-state index in [0.29, 0.717) is 19.6 Å². The van der Waals surface area contributed by atoms with Crippen molar-refractivity contribution in [1.82, 2.24) is 24.7 Å². The van der Waals surface area contributed by atoms with E-state index in [-0.39, 0.29) is 24.3 Å². The number of nitrogens with zero attached hydrogens (tertiary/aromatic N) is 4. The van der Waals surface area contributed by atoms with E-state index in [1.54, 1.807) is 11.1 Å². The number of hydrogen-bond donors (Lipinski definition) is 1. The van der Waals surface area contributed by atoms with Gasteiger partial charge in [-0.25, -0.2) is 4.98 Å². The smallest absolute Gasteiger partial charge is 0.237 e. The third-order valence-electron chi connectivity index (χ3n) is 6.23. The molecule has 7 nitrogen and oxygen atoms in total. The zero-order chi connectivity index (χ0) is 20.4. The summed E-state index contributed by atoms with van der Waals surface area (Å²) < 4.78 is 1.92. The minimum Gasteiger partial charge on any atom is -0.353 e. The standard InChI is InChI=1S/C22H29N5O2/c1-3-26(15-20-23-8-10-25(20)2)21(28)14-19-22(29)24-9-11-27(19)18-12-16-6-4-5-7-17(16)13-18/h4-8,10,18-19H,3,9,11-15H2,1-2H3,(H,24,29). The first kappa shape index (κ1) is 19.6. The van der Waals surface area contributed by atoms with Gasteiger partial charge < -0.3 is 14.8 Å². The van der Waals surface area contributed by atoms with Crippen molar-refractivity contribution >= 4 is 11.8 Å². The van der Waals surface area contributed by atoms with E-state index >= 15 is 0 Å². The number of fused-ring (bicyclic) bond motifs is 1. The van der Waals surface area contributed by atoms with Crippen LogP contribution in [0.1, 0.15) is 30.3 Å². The summed E-state index contributed by atoms with van der Waals surface area (Å²) in [6.45, 7) is 4.44. The largest absolute Gasteiger partial charge is 0.353 e. The number of benzene rings is 1. The van der Waals surface area contributed by atoms with Crippen LogP contribution in [0.2, 0.25) is 0 Å². The summed E-state index contributed by atoms with van der Waals surface area (Å²) in [5.41, 5.74) is 2.72. The van der Waals surface area contributed by atoms with Crippen LogP contribution in [0.15, 0.2) is 36.7 Å². The van der Waals surface area contributed by atoms with Gasteiger partial charge in [-0.3, -0.25) is 14.5 Å². The maximum atomic E-state index is 13.1. The average molecular weight is 396 g/mol. The summed E-state index contributed by atoms with van der Waals surface area (Å²) in [5, 5.41) is 2.96. The van der Waals surface area contributed by atoms with Crippen LogP contribution in [0.4, 0.5) is 0 Å². The highest BCUT2D eigenvalue weighted by atomic mass is 16.2. The molecule has 1 saturated heterocycles. The summed E-state index contributed by atoms with van der Waals surface area (Å²) in [7, 11) is 1.93. The number of carbonyl (C=O) groups excluding carboxylic acids is 2. The Hall–Kier alpha value is -2.67. The lowest BCUT2D eigenvalue weighted by Gasteiger charge is -2.39. The Balaban J connectivity index is 1.46. The van der Waals surface area contributed by atoms with Gasteiger partial charge in [-0.2, -0.15) is 0 Å². The van der Waals surface area contributed by atoms with Crippen LogP contribution in [0.25, 0.3) is 0 Å². The summed E-state index contributed by atoms with van der Waals surface area (Å²) >= 11 is 0. The molecular weight excluding hydrogens is 366 g/mol. The van der Waals surface area contributed by atoms with Gasteiger partial charge in [0.05, 0.1) is 19.0 Å². The maximum Gasteiger partial charge on any atom is 0.237 e. The molecule has 7 heteroatoms. The van der Waals surface area contributed by atoms with Gasteiger partial charge in [0.15, 0.2) is 0 Å². The molecule has 29 heavy (non-hydrogen) atoms. The van der Waals surface area contributed by atoms with Crippen molar-refractivity contribution in [2.24, 2.45) is 7.05 Å². The molecule has 0 radical (unpaired) electrons. The number of hydrogen-bond acceptors (Lipinski definition) is 4. The number of amides is 2. The fourth-order valence-corrected chi connectivity index (χ4v) is 4.54. The van der Waals surface area contributed by atoms with Crippen molar-refractivity contribution in [3.8, 4) is 0 Å². The summed E-state index contributed by atoms with van der Waals surface area (Å²) in [4.78, 5) is 34.2. The maximum absolute atomic E-state index is 13.1. The minimum atomic E-state index is -0.411. The molecule has 1 atom stereocenters. The lowest BCUT2D eigenvalue weighted by molar-refractivity contribution is -0.140. The second kappa shape index (κ2) is 8.37. The van der Waals surface area contributed by atoms with Gasteiger partial charge >= 0.3 is 0 Å². The average Bonchev–Trinajstić information content (AvgIpc) is 3.33. The van der Waals surface area contributed by atoms with Crippen molar-refractivity contribution in [1.29, 1.82) is 0 Å². The van der Waals surface area contributed by atoms with Gasteiger partial charge in [-0.05, 0) is 30.9 Å². The Kier molecular flexibility index (Phi) is 5.67. The third kappa shape index (κ3) is 4.05. The van der Waals surface area contributed by atoms with Crippen LogP contribution in [-0.2, 0) is 36.0 Å². The number of imidazole rings is 1. The van der Waals surface area contributed by atoms with Gasteiger partial charge in [-0.15, -0.1) is 0 Å². The monoisotopic (exact) mass is 395 g/mol. The molecule has 1 N–H and O–H groups in total. The van der Waals surface area contributed by atoms with Crippen LogP contribution in [0.5, 0.6) is 0 Å². The van der Waals surface area contributed by atoms with E-state index in [0.717, 1.165) is 25.2 Å². The molecule has 2 heterocycles. The van der Waals surface area contributed by atoms with Crippen LogP contribution < -0.4 is 5.32 Å². The van der Waals surface area contributed by atoms with E-state index in [2.05, 4.69) is 39.5 Å². The first-order chi connectivity index (χ1) is 14.1. The Morgan fingerprint density at radius 2 is 2.00 bits per heavy atom. The van der Waals surface area contributed by atoms with Gasteiger partial charge in [0.2, 0.25) is 11.8 Å². The first-order valence-electron chi connectivity index (χ1n) is 10.4. The van der Waals surface area contributed by atoms with E-state index in [4.69, 9.17) is 0 Å². The summed E-state index contributed by atoms with van der Waals surface area (Å²) in [6.07, 6.45) is 5.71. The number of aryl methyl sites for hydroxylation is 1. The lowest BCUT2D eigenvalue weighted by Crippen LogP contribution is -2.59. The van der Waals surface area contributed by atoms with Crippen LogP contribution >= 0.6 is 0 Å². The van der Waals surface area contributed by atoms with Crippen LogP contribution in [0.3, 0.4) is 0 Å². The van der Waals surface area contributed by atoms with Gasteiger partial charge in [-0.1, -0.05) is 24.3 Å². The van der Waals surface area contributed by atoms with Crippen molar-refractivity contribution in [3.05, 3.63) is 53.6 Å². The second-order valence-electron chi connectivity index (χ2n) is 7.94. The highest BCUT2D eigenvalue weighted by Gasteiger charge is 2.38. The number of carbonyl (C=O) groups is 2. The molecule has 1 unspecified atom stereocenters. The quantitative estimate of drug-likeness (QED) is 0.796. The molecular formula is C22H29N5O2. The highest BCUT2D eigenvalue weighted by Crippen LogP contribution is 2.28. The molecule has 0 bridgehead atoms. The fraction of sp³-hybridized carbons (Fsp3) is 0.500. The topological polar surface area (TPSA) is 70.5 Å². The second-order valence-corrected chi connectivity index (χ2v) is 7.94. The van der Waals surface area contributed by atoms with Crippen LogP contribution in [0, 0.1) is 0 Å².